The van der Waals surface area contributed by atoms with Crippen LogP contribution in [0.15, 0.2) is 42.5 Å². The van der Waals surface area contributed by atoms with Crippen LogP contribution in [0.1, 0.15) is 13.3 Å². The van der Waals surface area contributed by atoms with Crippen molar-refractivity contribution in [2.24, 2.45) is 0 Å². The SMILES string of the molecule is CCC(Oc1ccc([N+](=O)[O-])cc1)Oc1ccc([N+](=O)[O-])c(O)c1. The Bertz CT molecular complexity index is 746. The first-order valence-electron chi connectivity index (χ1n) is 6.96. The fourth-order valence-electron chi connectivity index (χ4n) is 1.87. The molecule has 0 heterocycles. The molecule has 0 spiro atoms. The lowest BCUT2D eigenvalue weighted by Gasteiger charge is -2.19. The minimum atomic E-state index is -0.729. The maximum absolute atomic E-state index is 10.7. The van der Waals surface area contributed by atoms with Crippen molar-refractivity contribution in [1.29, 1.82) is 0 Å². The van der Waals surface area contributed by atoms with Crippen molar-refractivity contribution in [3.8, 4) is 17.2 Å². The van der Waals surface area contributed by atoms with Gasteiger partial charge in [-0.1, -0.05) is 6.92 Å². The number of hydrogen-bond acceptors (Lipinski definition) is 7. The minimum absolute atomic E-state index is 0.0587. The first-order chi connectivity index (χ1) is 11.4. The van der Waals surface area contributed by atoms with Gasteiger partial charge in [0.1, 0.15) is 11.5 Å². The van der Waals surface area contributed by atoms with E-state index in [1.165, 1.54) is 30.3 Å². The molecule has 2 aromatic rings. The zero-order valence-electron chi connectivity index (χ0n) is 12.6. The number of nitro groups is 2. The van der Waals surface area contributed by atoms with E-state index in [2.05, 4.69) is 0 Å². The average Bonchev–Trinajstić information content (AvgIpc) is 2.54. The summed E-state index contributed by atoms with van der Waals surface area (Å²) in [6.45, 7) is 1.79. The number of nitrogens with zero attached hydrogens (tertiary/aromatic N) is 2. The Labute approximate surface area is 136 Å². The number of aromatic hydroxyl groups is 1. The molecule has 9 nitrogen and oxygen atoms in total. The highest BCUT2D eigenvalue weighted by Crippen LogP contribution is 2.30. The second-order valence-corrected chi connectivity index (χ2v) is 4.73. The van der Waals surface area contributed by atoms with E-state index in [0.717, 1.165) is 12.1 Å². The topological polar surface area (TPSA) is 125 Å². The van der Waals surface area contributed by atoms with Gasteiger partial charge >= 0.3 is 5.69 Å². The zero-order chi connectivity index (χ0) is 17.7. The van der Waals surface area contributed by atoms with Gasteiger partial charge in [0.2, 0.25) is 6.29 Å². The highest BCUT2D eigenvalue weighted by atomic mass is 16.7. The van der Waals surface area contributed by atoms with Crippen molar-refractivity contribution in [3.63, 3.8) is 0 Å². The lowest BCUT2D eigenvalue weighted by atomic mass is 10.3. The Balaban J connectivity index is 2.07. The highest BCUT2D eigenvalue weighted by Gasteiger charge is 2.16. The zero-order valence-corrected chi connectivity index (χ0v) is 12.6. The first kappa shape index (κ1) is 17.0. The Morgan fingerprint density at radius 3 is 2.08 bits per heavy atom. The van der Waals surface area contributed by atoms with Gasteiger partial charge in [-0.2, -0.15) is 0 Å². The molecule has 2 aromatic carbocycles. The molecule has 1 N–H and O–H groups in total. The number of non-ortho nitro benzene ring substituents is 1. The van der Waals surface area contributed by atoms with Crippen LogP contribution in [0.4, 0.5) is 11.4 Å². The maximum atomic E-state index is 10.7. The molecule has 0 saturated heterocycles. The van der Waals surface area contributed by atoms with Crippen LogP contribution in [0.5, 0.6) is 17.2 Å². The molecular weight excluding hydrogens is 320 g/mol. The molecule has 0 amide bonds. The molecule has 0 fully saturated rings. The molecule has 2 rings (SSSR count). The number of ether oxygens (including phenoxy) is 2. The van der Waals surface area contributed by atoms with Gasteiger partial charge in [0.15, 0.2) is 5.75 Å². The molecule has 0 aliphatic rings. The number of phenolic OH excluding ortho intramolecular Hbond substituents is 1. The second-order valence-electron chi connectivity index (χ2n) is 4.73. The molecule has 0 bridgehead atoms. The fraction of sp³-hybridized carbons (Fsp3) is 0.200. The number of nitro benzene ring substituents is 2. The molecule has 1 atom stereocenters. The van der Waals surface area contributed by atoms with E-state index >= 15 is 0 Å². The van der Waals surface area contributed by atoms with Crippen molar-refractivity contribution >= 4 is 11.4 Å². The van der Waals surface area contributed by atoms with Crippen LogP contribution in [0.3, 0.4) is 0 Å². The maximum Gasteiger partial charge on any atom is 0.310 e. The van der Waals surface area contributed by atoms with Crippen LogP contribution in [0.25, 0.3) is 0 Å². The molecule has 0 saturated carbocycles. The summed E-state index contributed by atoms with van der Waals surface area (Å²) < 4.78 is 11.1. The summed E-state index contributed by atoms with van der Waals surface area (Å²) in [5.74, 6) is 0.0631. The van der Waals surface area contributed by atoms with E-state index < -0.39 is 27.6 Å². The molecule has 0 aromatic heterocycles. The standard InChI is InChI=1S/C15H14N2O7/c1-2-15(23-11-5-3-10(4-6-11)16(19)20)24-12-7-8-13(17(21)22)14(18)9-12/h3-9,15,18H,2H2,1H3. The summed E-state index contributed by atoms with van der Waals surface area (Å²) in [7, 11) is 0. The van der Waals surface area contributed by atoms with Crippen LogP contribution in [-0.4, -0.2) is 21.2 Å². The van der Waals surface area contributed by atoms with E-state index in [1.54, 1.807) is 6.92 Å². The molecule has 9 heteroatoms. The summed E-state index contributed by atoms with van der Waals surface area (Å²) in [4.78, 5) is 20.0. The lowest BCUT2D eigenvalue weighted by Crippen LogP contribution is -2.22. The summed E-state index contributed by atoms with van der Waals surface area (Å²) in [6, 6.07) is 9.09. The number of benzene rings is 2. The van der Waals surface area contributed by atoms with Crippen LogP contribution in [0.2, 0.25) is 0 Å². The van der Waals surface area contributed by atoms with Crippen LogP contribution in [0, 0.1) is 20.2 Å². The normalized spacial score (nSPS) is 11.5. The van der Waals surface area contributed by atoms with E-state index in [-0.39, 0.29) is 11.4 Å². The van der Waals surface area contributed by atoms with Gasteiger partial charge in [-0.25, -0.2) is 0 Å². The van der Waals surface area contributed by atoms with Crippen LogP contribution < -0.4 is 9.47 Å². The molecule has 0 aliphatic heterocycles. The predicted molar refractivity (Wildman–Crippen MR) is 83.2 cm³/mol. The fourth-order valence-corrected chi connectivity index (χ4v) is 1.87. The van der Waals surface area contributed by atoms with Crippen molar-refractivity contribution in [3.05, 3.63) is 62.7 Å². The van der Waals surface area contributed by atoms with E-state index in [9.17, 15) is 25.3 Å². The Hall–Kier alpha value is -3.36. The minimum Gasteiger partial charge on any atom is -0.502 e. The van der Waals surface area contributed by atoms with Crippen molar-refractivity contribution in [2.45, 2.75) is 19.6 Å². The second kappa shape index (κ2) is 7.27. The Kier molecular flexibility index (Phi) is 5.15. The summed E-state index contributed by atoms with van der Waals surface area (Å²) in [6.07, 6.45) is -0.290. The lowest BCUT2D eigenvalue weighted by molar-refractivity contribution is -0.385. The van der Waals surface area contributed by atoms with Crippen LogP contribution in [-0.2, 0) is 0 Å². The van der Waals surface area contributed by atoms with Crippen molar-refractivity contribution < 1.29 is 24.4 Å². The molecule has 0 radical (unpaired) electrons. The third-order valence-electron chi connectivity index (χ3n) is 3.06. The summed E-state index contributed by atoms with van der Waals surface area (Å²) >= 11 is 0. The van der Waals surface area contributed by atoms with Gasteiger partial charge in [0.05, 0.1) is 9.85 Å². The molecule has 1 unspecified atom stereocenters. The third kappa shape index (κ3) is 4.09. The van der Waals surface area contributed by atoms with E-state index in [0.29, 0.717) is 12.2 Å². The number of phenols is 1. The van der Waals surface area contributed by atoms with Gasteiger partial charge in [-0.05, 0) is 18.2 Å². The molecule has 0 aliphatic carbocycles. The molecular formula is C15H14N2O7. The van der Waals surface area contributed by atoms with E-state index in [1.807, 2.05) is 0 Å². The smallest absolute Gasteiger partial charge is 0.310 e. The predicted octanol–water partition coefficient (Wildman–Crippen LogP) is 3.40. The molecule has 24 heavy (non-hydrogen) atoms. The van der Waals surface area contributed by atoms with Gasteiger partial charge in [0, 0.05) is 30.7 Å². The number of hydrogen-bond donors (Lipinski definition) is 1. The van der Waals surface area contributed by atoms with Gasteiger partial charge < -0.3 is 14.6 Å². The van der Waals surface area contributed by atoms with Gasteiger partial charge in [-0.3, -0.25) is 20.2 Å². The monoisotopic (exact) mass is 334 g/mol. The Morgan fingerprint density at radius 2 is 1.58 bits per heavy atom. The third-order valence-corrected chi connectivity index (χ3v) is 3.06. The first-order valence-corrected chi connectivity index (χ1v) is 6.96. The van der Waals surface area contributed by atoms with Crippen molar-refractivity contribution in [1.82, 2.24) is 0 Å². The number of rotatable bonds is 7. The average molecular weight is 334 g/mol. The quantitative estimate of drug-likeness (QED) is 0.467. The van der Waals surface area contributed by atoms with Crippen molar-refractivity contribution in [2.75, 3.05) is 0 Å². The van der Waals surface area contributed by atoms with E-state index in [4.69, 9.17) is 9.47 Å². The van der Waals surface area contributed by atoms with Gasteiger partial charge in [-0.15, -0.1) is 0 Å². The summed E-state index contributed by atoms with van der Waals surface area (Å²) in [5.41, 5.74) is -0.483. The largest absolute Gasteiger partial charge is 0.502 e. The highest BCUT2D eigenvalue weighted by molar-refractivity contribution is 5.49. The molecule has 126 valence electrons. The van der Waals surface area contributed by atoms with Gasteiger partial charge in [0.25, 0.3) is 5.69 Å². The van der Waals surface area contributed by atoms with Crippen LogP contribution >= 0.6 is 0 Å². The Morgan fingerprint density at radius 1 is 1.00 bits per heavy atom. The summed E-state index contributed by atoms with van der Waals surface area (Å²) in [5, 5.41) is 30.9.